The van der Waals surface area contributed by atoms with Crippen LogP contribution in [0.2, 0.25) is 0 Å². The molecule has 4 nitrogen and oxygen atoms in total. The van der Waals surface area contributed by atoms with E-state index in [0.717, 1.165) is 6.07 Å². The Hall–Kier alpha value is -1.37. The van der Waals surface area contributed by atoms with Gasteiger partial charge in [0.05, 0.1) is 6.61 Å². The highest BCUT2D eigenvalue weighted by atomic mass is 19.4. The molecule has 1 rings (SSSR count). The lowest BCUT2D eigenvalue weighted by atomic mass is 10.3. The number of hydrogen-bond acceptors (Lipinski definition) is 4. The van der Waals surface area contributed by atoms with Crippen molar-refractivity contribution in [3.05, 3.63) is 17.6 Å². The van der Waals surface area contributed by atoms with Crippen LogP contribution in [0.4, 0.5) is 13.2 Å². The van der Waals surface area contributed by atoms with E-state index in [0.29, 0.717) is 19.4 Å². The van der Waals surface area contributed by atoms with Gasteiger partial charge in [-0.15, -0.1) is 0 Å². The largest absolute Gasteiger partial charge is 0.478 e. The number of aromatic nitrogens is 2. The molecule has 0 aliphatic heterocycles. The van der Waals surface area contributed by atoms with Gasteiger partial charge in [-0.3, -0.25) is 0 Å². The molecule has 0 atom stereocenters. The van der Waals surface area contributed by atoms with Crippen molar-refractivity contribution in [3.8, 4) is 5.88 Å². The third kappa shape index (κ3) is 4.18. The summed E-state index contributed by atoms with van der Waals surface area (Å²) >= 11 is 0. The molecule has 0 saturated carbocycles. The molecule has 0 spiro atoms. The Labute approximate surface area is 97.0 Å². The SMILES string of the molecule is CCOc1cc(C(F)(F)F)nc(CCCN)n1. The van der Waals surface area contributed by atoms with Gasteiger partial charge < -0.3 is 10.5 Å². The maximum Gasteiger partial charge on any atom is 0.433 e. The highest BCUT2D eigenvalue weighted by Gasteiger charge is 2.33. The van der Waals surface area contributed by atoms with Gasteiger partial charge in [0.15, 0.2) is 5.69 Å². The van der Waals surface area contributed by atoms with Crippen molar-refractivity contribution in [1.29, 1.82) is 0 Å². The fourth-order valence-corrected chi connectivity index (χ4v) is 1.21. The average Bonchev–Trinajstić information content (AvgIpc) is 2.25. The summed E-state index contributed by atoms with van der Waals surface area (Å²) in [4.78, 5) is 7.34. The second-order valence-corrected chi connectivity index (χ2v) is 3.33. The van der Waals surface area contributed by atoms with E-state index in [1.807, 2.05) is 0 Å². The van der Waals surface area contributed by atoms with Gasteiger partial charge in [-0.2, -0.15) is 18.2 Å². The van der Waals surface area contributed by atoms with Crippen molar-refractivity contribution in [2.45, 2.75) is 25.9 Å². The minimum atomic E-state index is -4.49. The standard InChI is InChI=1S/C10H14F3N3O/c1-2-17-9-6-7(10(11,12)13)15-8(16-9)4-3-5-14/h6H,2-5,14H2,1H3. The summed E-state index contributed by atoms with van der Waals surface area (Å²) in [5, 5.41) is 0. The molecule has 1 aromatic rings. The van der Waals surface area contributed by atoms with Crippen LogP contribution >= 0.6 is 0 Å². The lowest BCUT2D eigenvalue weighted by molar-refractivity contribution is -0.141. The van der Waals surface area contributed by atoms with Gasteiger partial charge >= 0.3 is 6.18 Å². The summed E-state index contributed by atoms with van der Waals surface area (Å²) in [6.45, 7) is 2.31. The van der Waals surface area contributed by atoms with Crippen LogP contribution in [-0.4, -0.2) is 23.1 Å². The van der Waals surface area contributed by atoms with E-state index in [4.69, 9.17) is 10.5 Å². The van der Waals surface area contributed by atoms with Crippen molar-refractivity contribution in [3.63, 3.8) is 0 Å². The van der Waals surface area contributed by atoms with Crippen LogP contribution in [0.15, 0.2) is 6.07 Å². The van der Waals surface area contributed by atoms with Gasteiger partial charge in [0.1, 0.15) is 5.82 Å². The van der Waals surface area contributed by atoms with Crippen LogP contribution in [-0.2, 0) is 12.6 Å². The number of nitrogens with two attached hydrogens (primary N) is 1. The molecular weight excluding hydrogens is 235 g/mol. The quantitative estimate of drug-likeness (QED) is 0.864. The van der Waals surface area contributed by atoms with Crippen LogP contribution in [0.5, 0.6) is 5.88 Å². The van der Waals surface area contributed by atoms with Crippen molar-refractivity contribution in [1.82, 2.24) is 9.97 Å². The number of ether oxygens (including phenoxy) is 1. The Morgan fingerprint density at radius 2 is 2.06 bits per heavy atom. The summed E-state index contributed by atoms with van der Waals surface area (Å²) in [6.07, 6.45) is -3.65. The first kappa shape index (κ1) is 13.7. The van der Waals surface area contributed by atoms with E-state index in [2.05, 4.69) is 9.97 Å². The molecule has 0 aromatic carbocycles. The Balaban J connectivity index is 3.01. The van der Waals surface area contributed by atoms with Gasteiger partial charge in [0.2, 0.25) is 5.88 Å². The van der Waals surface area contributed by atoms with Crippen molar-refractivity contribution in [2.24, 2.45) is 5.73 Å². The minimum Gasteiger partial charge on any atom is -0.478 e. The second kappa shape index (κ2) is 5.81. The zero-order chi connectivity index (χ0) is 12.9. The molecule has 0 bridgehead atoms. The van der Waals surface area contributed by atoms with Crippen LogP contribution in [0.25, 0.3) is 0 Å². The average molecular weight is 249 g/mol. The Morgan fingerprint density at radius 1 is 1.35 bits per heavy atom. The second-order valence-electron chi connectivity index (χ2n) is 3.33. The molecule has 1 aromatic heterocycles. The van der Waals surface area contributed by atoms with Crippen LogP contribution in [0, 0.1) is 0 Å². The summed E-state index contributed by atoms with van der Waals surface area (Å²) < 4.78 is 42.6. The van der Waals surface area contributed by atoms with Gasteiger partial charge in [0.25, 0.3) is 0 Å². The fourth-order valence-electron chi connectivity index (χ4n) is 1.21. The molecule has 7 heteroatoms. The summed E-state index contributed by atoms with van der Waals surface area (Å²) in [5.74, 6) is 0.0515. The molecule has 0 unspecified atom stereocenters. The molecule has 1 heterocycles. The summed E-state index contributed by atoms with van der Waals surface area (Å²) in [7, 11) is 0. The normalized spacial score (nSPS) is 11.6. The molecular formula is C10H14F3N3O. The number of rotatable bonds is 5. The minimum absolute atomic E-state index is 0.0538. The summed E-state index contributed by atoms with van der Waals surface area (Å²) in [5.41, 5.74) is 4.30. The maximum absolute atomic E-state index is 12.5. The predicted molar refractivity (Wildman–Crippen MR) is 55.6 cm³/mol. The number of halogens is 3. The van der Waals surface area contributed by atoms with Gasteiger partial charge in [0, 0.05) is 12.5 Å². The highest BCUT2D eigenvalue weighted by molar-refractivity contribution is 5.18. The molecule has 0 radical (unpaired) electrons. The molecule has 0 aliphatic rings. The Kier molecular flexibility index (Phi) is 4.68. The molecule has 0 aliphatic carbocycles. The number of hydrogen-bond donors (Lipinski definition) is 1. The van der Waals surface area contributed by atoms with Crippen LogP contribution in [0.3, 0.4) is 0 Å². The first-order valence-electron chi connectivity index (χ1n) is 5.25. The predicted octanol–water partition coefficient (Wildman–Crippen LogP) is 1.79. The van der Waals surface area contributed by atoms with Crippen molar-refractivity contribution < 1.29 is 17.9 Å². The van der Waals surface area contributed by atoms with E-state index >= 15 is 0 Å². The third-order valence-corrected chi connectivity index (χ3v) is 1.94. The van der Waals surface area contributed by atoms with Gasteiger partial charge in [-0.25, -0.2) is 4.98 Å². The smallest absolute Gasteiger partial charge is 0.433 e. The first-order valence-corrected chi connectivity index (χ1v) is 5.25. The molecule has 17 heavy (non-hydrogen) atoms. The van der Waals surface area contributed by atoms with Crippen molar-refractivity contribution >= 4 is 0 Å². The van der Waals surface area contributed by atoms with Crippen LogP contribution < -0.4 is 10.5 Å². The Morgan fingerprint density at radius 3 is 2.59 bits per heavy atom. The molecule has 0 amide bonds. The zero-order valence-corrected chi connectivity index (χ0v) is 9.42. The third-order valence-electron chi connectivity index (χ3n) is 1.94. The first-order chi connectivity index (χ1) is 7.97. The fraction of sp³-hybridized carbons (Fsp3) is 0.600. The lowest BCUT2D eigenvalue weighted by Crippen LogP contribution is -2.13. The van der Waals surface area contributed by atoms with Gasteiger partial charge in [-0.05, 0) is 19.9 Å². The Bertz CT molecular complexity index is 368. The number of alkyl halides is 3. The van der Waals surface area contributed by atoms with E-state index in [9.17, 15) is 13.2 Å². The molecule has 0 saturated heterocycles. The topological polar surface area (TPSA) is 61.0 Å². The van der Waals surface area contributed by atoms with Gasteiger partial charge in [-0.1, -0.05) is 0 Å². The summed E-state index contributed by atoms with van der Waals surface area (Å²) in [6, 6.07) is 0.801. The monoisotopic (exact) mass is 249 g/mol. The molecule has 2 N–H and O–H groups in total. The van der Waals surface area contributed by atoms with E-state index in [-0.39, 0.29) is 18.3 Å². The number of aryl methyl sites for hydroxylation is 1. The molecule has 96 valence electrons. The van der Waals surface area contributed by atoms with E-state index in [1.165, 1.54) is 0 Å². The highest BCUT2D eigenvalue weighted by Crippen LogP contribution is 2.29. The number of nitrogens with zero attached hydrogens (tertiary/aromatic N) is 2. The molecule has 0 fully saturated rings. The van der Waals surface area contributed by atoms with Crippen LogP contribution in [0.1, 0.15) is 24.9 Å². The lowest BCUT2D eigenvalue weighted by Gasteiger charge is -2.10. The van der Waals surface area contributed by atoms with E-state index in [1.54, 1.807) is 6.92 Å². The van der Waals surface area contributed by atoms with Crippen molar-refractivity contribution in [2.75, 3.05) is 13.2 Å². The maximum atomic E-state index is 12.5. The zero-order valence-electron chi connectivity index (χ0n) is 9.42. The van der Waals surface area contributed by atoms with E-state index < -0.39 is 11.9 Å².